The Morgan fingerprint density at radius 2 is 1.80 bits per heavy atom. The molecule has 2 radical (unpaired) electrons. The van der Waals surface area contributed by atoms with E-state index in [1.807, 2.05) is 0 Å². The van der Waals surface area contributed by atoms with E-state index in [2.05, 4.69) is 4.18 Å². The molecule has 0 aromatic rings. The molecule has 0 aliphatic heterocycles. The van der Waals surface area contributed by atoms with E-state index in [-0.39, 0.29) is 90.9 Å². The van der Waals surface area contributed by atoms with Crippen LogP contribution in [0.1, 0.15) is 12.8 Å². The minimum Gasteiger partial charge on any atom is -0.481 e. The SMILES string of the molecule is O=C(O)CCOS(=O)(=O)CCCO.[Na].[Na]. The Balaban J connectivity index is -0.000000720. The van der Waals surface area contributed by atoms with Crippen LogP contribution >= 0.6 is 0 Å². The van der Waals surface area contributed by atoms with Gasteiger partial charge in [-0.2, -0.15) is 8.42 Å². The summed E-state index contributed by atoms with van der Waals surface area (Å²) in [5.41, 5.74) is 0. The summed E-state index contributed by atoms with van der Waals surface area (Å²) in [5.74, 6) is -1.40. The second kappa shape index (κ2) is 11.8. The average molecular weight is 258 g/mol. The van der Waals surface area contributed by atoms with E-state index < -0.39 is 16.1 Å². The molecule has 0 amide bonds. The molecule has 9 heteroatoms. The number of aliphatic hydroxyl groups excluding tert-OH is 1. The monoisotopic (exact) mass is 258 g/mol. The molecule has 6 nitrogen and oxygen atoms in total. The van der Waals surface area contributed by atoms with Gasteiger partial charge in [-0.05, 0) is 6.42 Å². The van der Waals surface area contributed by atoms with Crippen molar-refractivity contribution in [3.63, 3.8) is 0 Å². The van der Waals surface area contributed by atoms with Crippen LogP contribution in [-0.2, 0) is 19.1 Å². The van der Waals surface area contributed by atoms with Crippen LogP contribution < -0.4 is 0 Å². The van der Waals surface area contributed by atoms with E-state index in [1.165, 1.54) is 0 Å². The summed E-state index contributed by atoms with van der Waals surface area (Å²) in [4.78, 5) is 9.98. The third-order valence-corrected chi connectivity index (χ3v) is 2.45. The Morgan fingerprint density at radius 1 is 1.27 bits per heavy atom. The molecule has 0 saturated heterocycles. The Morgan fingerprint density at radius 3 is 2.20 bits per heavy atom. The number of aliphatic hydroxyl groups is 1. The zero-order valence-electron chi connectivity index (χ0n) is 8.97. The van der Waals surface area contributed by atoms with Gasteiger partial charge in [0, 0.05) is 65.7 Å². The van der Waals surface area contributed by atoms with Crippen molar-refractivity contribution < 1.29 is 27.6 Å². The van der Waals surface area contributed by atoms with Crippen molar-refractivity contribution in [2.45, 2.75) is 12.8 Å². The summed E-state index contributed by atoms with van der Waals surface area (Å²) in [6.45, 7) is -0.593. The van der Waals surface area contributed by atoms with Crippen LogP contribution in [0, 0.1) is 0 Å². The van der Waals surface area contributed by atoms with Gasteiger partial charge in [0.2, 0.25) is 0 Å². The predicted molar refractivity (Wildman–Crippen MR) is 55.2 cm³/mol. The first-order valence-electron chi connectivity index (χ1n) is 3.67. The van der Waals surface area contributed by atoms with Crippen LogP contribution in [0.4, 0.5) is 0 Å². The smallest absolute Gasteiger partial charge is 0.305 e. The van der Waals surface area contributed by atoms with Crippen LogP contribution in [0.25, 0.3) is 0 Å². The minimum atomic E-state index is -3.66. The van der Waals surface area contributed by atoms with Gasteiger partial charge < -0.3 is 10.2 Å². The topological polar surface area (TPSA) is 101 Å². The molecule has 0 aliphatic carbocycles. The minimum absolute atomic E-state index is 0. The summed E-state index contributed by atoms with van der Waals surface area (Å²) < 4.78 is 26.0. The van der Waals surface area contributed by atoms with E-state index in [1.54, 1.807) is 0 Å². The third-order valence-electron chi connectivity index (χ3n) is 1.13. The Kier molecular flexibility index (Phi) is 17.0. The van der Waals surface area contributed by atoms with E-state index in [0.717, 1.165) is 0 Å². The van der Waals surface area contributed by atoms with Crippen molar-refractivity contribution in [3.8, 4) is 0 Å². The van der Waals surface area contributed by atoms with Crippen molar-refractivity contribution in [1.29, 1.82) is 0 Å². The molecule has 80 valence electrons. The molecule has 0 unspecified atom stereocenters. The number of hydrogen-bond donors (Lipinski definition) is 2. The van der Waals surface area contributed by atoms with E-state index in [9.17, 15) is 13.2 Å². The number of hydrogen-bond acceptors (Lipinski definition) is 5. The van der Waals surface area contributed by atoms with Gasteiger partial charge in [-0.15, -0.1) is 0 Å². The molecule has 0 aliphatic rings. The standard InChI is InChI=1S/C6H12O6S.2Na/c7-3-1-5-13(10,11)12-4-2-6(8)9;;/h7H,1-5H2,(H,8,9);;. The van der Waals surface area contributed by atoms with Gasteiger partial charge in [0.1, 0.15) is 0 Å². The Bertz CT molecular complexity index is 252. The van der Waals surface area contributed by atoms with Crippen molar-refractivity contribution in [2.75, 3.05) is 19.0 Å². The van der Waals surface area contributed by atoms with Gasteiger partial charge in [0.25, 0.3) is 10.1 Å². The zero-order valence-corrected chi connectivity index (χ0v) is 13.8. The molecule has 0 spiro atoms. The maximum absolute atomic E-state index is 10.8. The quantitative estimate of drug-likeness (QED) is 0.422. The zero-order chi connectivity index (χ0) is 10.3. The third kappa shape index (κ3) is 15.3. The average Bonchev–Trinajstić information content (AvgIpc) is 2.00. The molecule has 0 aromatic carbocycles. The van der Waals surface area contributed by atoms with Crippen molar-refractivity contribution in [3.05, 3.63) is 0 Å². The molecule has 2 N–H and O–H groups in total. The molecular weight excluding hydrogens is 246 g/mol. The van der Waals surface area contributed by atoms with Crippen LogP contribution in [0.15, 0.2) is 0 Å². The molecule has 0 atom stereocenters. The fourth-order valence-corrected chi connectivity index (χ4v) is 1.49. The van der Waals surface area contributed by atoms with Gasteiger partial charge in [-0.1, -0.05) is 0 Å². The number of carbonyl (C=O) groups is 1. The summed E-state index contributed by atoms with van der Waals surface area (Å²) >= 11 is 0. The number of rotatable bonds is 7. The summed E-state index contributed by atoms with van der Waals surface area (Å²) in [6.07, 6.45) is -0.256. The van der Waals surface area contributed by atoms with Gasteiger partial charge >= 0.3 is 5.97 Å². The first-order chi connectivity index (χ1) is 5.98. The Labute approximate surface area is 133 Å². The van der Waals surface area contributed by atoms with Crippen LogP contribution in [0.3, 0.4) is 0 Å². The normalized spacial score (nSPS) is 9.93. The van der Waals surface area contributed by atoms with Gasteiger partial charge in [-0.3, -0.25) is 8.98 Å². The summed E-state index contributed by atoms with van der Waals surface area (Å²) in [5, 5.41) is 16.5. The first kappa shape index (κ1) is 21.6. The largest absolute Gasteiger partial charge is 0.481 e. The molecule has 0 aromatic heterocycles. The van der Waals surface area contributed by atoms with Crippen molar-refractivity contribution in [1.82, 2.24) is 0 Å². The van der Waals surface area contributed by atoms with E-state index >= 15 is 0 Å². The van der Waals surface area contributed by atoms with Gasteiger partial charge in [0.15, 0.2) is 0 Å². The molecule has 0 heterocycles. The molecule has 0 fully saturated rings. The van der Waals surface area contributed by atoms with Crippen molar-refractivity contribution in [2.24, 2.45) is 0 Å². The molecular formula is C6H12Na2O6S. The number of carboxylic acid groups (broad SMARTS) is 1. The number of aliphatic carboxylic acids is 1. The molecule has 0 saturated carbocycles. The fraction of sp³-hybridized carbons (Fsp3) is 0.833. The second-order valence-electron chi connectivity index (χ2n) is 2.30. The van der Waals surface area contributed by atoms with Gasteiger partial charge in [-0.25, -0.2) is 0 Å². The van der Waals surface area contributed by atoms with Gasteiger partial charge in [0.05, 0.1) is 18.8 Å². The van der Waals surface area contributed by atoms with E-state index in [0.29, 0.717) is 0 Å². The molecule has 0 bridgehead atoms. The maximum atomic E-state index is 10.8. The maximum Gasteiger partial charge on any atom is 0.305 e. The van der Waals surface area contributed by atoms with Crippen LogP contribution in [0.2, 0.25) is 0 Å². The summed E-state index contributed by atoms with van der Waals surface area (Å²) in [7, 11) is -3.66. The molecule has 15 heavy (non-hydrogen) atoms. The van der Waals surface area contributed by atoms with Crippen LogP contribution in [0.5, 0.6) is 0 Å². The first-order valence-corrected chi connectivity index (χ1v) is 5.25. The number of carboxylic acids is 1. The second-order valence-corrected chi connectivity index (χ2v) is 4.06. The fourth-order valence-electron chi connectivity index (χ4n) is 0.556. The predicted octanol–water partition coefficient (Wildman–Crippen LogP) is -1.57. The van der Waals surface area contributed by atoms with Crippen molar-refractivity contribution >= 4 is 75.2 Å². The van der Waals surface area contributed by atoms with Crippen LogP contribution in [-0.4, -0.2) is 103 Å². The Hall–Kier alpha value is 1.34. The molecule has 0 rings (SSSR count). The van der Waals surface area contributed by atoms with E-state index in [4.69, 9.17) is 10.2 Å². The summed E-state index contributed by atoms with van der Waals surface area (Å²) in [6, 6.07) is 0.